The lowest BCUT2D eigenvalue weighted by Gasteiger charge is -2.54. The Morgan fingerprint density at radius 2 is 1.67 bits per heavy atom. The van der Waals surface area contributed by atoms with Crippen molar-refractivity contribution in [2.24, 2.45) is 5.73 Å². The lowest BCUT2D eigenvalue weighted by atomic mass is 10.1. The molecule has 0 atom stereocenters. The van der Waals surface area contributed by atoms with Crippen LogP contribution >= 0.6 is 0 Å². The van der Waals surface area contributed by atoms with Gasteiger partial charge >= 0.3 is 0 Å². The van der Waals surface area contributed by atoms with Crippen molar-refractivity contribution in [3.63, 3.8) is 0 Å². The number of quaternary nitrogens is 2. The van der Waals surface area contributed by atoms with E-state index >= 15 is 0 Å². The SMILES string of the molecule is C[N+]12CC[N+](CCCC(N)=[NH2+])(CC1)CC2. The average molecular weight is 213 g/mol. The first-order valence-electron chi connectivity index (χ1n) is 6.09. The molecule has 3 saturated heterocycles. The van der Waals surface area contributed by atoms with Crippen molar-refractivity contribution in [3.8, 4) is 0 Å². The second kappa shape index (κ2) is 3.76. The van der Waals surface area contributed by atoms with Gasteiger partial charge in [-0.25, -0.2) is 0 Å². The normalized spacial score (nSPS) is 39.3. The molecule has 0 spiro atoms. The van der Waals surface area contributed by atoms with Crippen LogP contribution in [0.1, 0.15) is 12.8 Å². The number of fused-ring (bicyclic) bond motifs is 3. The zero-order valence-corrected chi connectivity index (χ0v) is 9.91. The summed E-state index contributed by atoms with van der Waals surface area (Å²) in [5.74, 6) is 0.600. The molecule has 0 aliphatic carbocycles. The van der Waals surface area contributed by atoms with Crippen molar-refractivity contribution in [1.29, 1.82) is 0 Å². The summed E-state index contributed by atoms with van der Waals surface area (Å²) >= 11 is 0. The molecule has 4 N–H and O–H groups in total. The molecule has 0 unspecified atom stereocenters. The van der Waals surface area contributed by atoms with Crippen LogP contribution in [0.15, 0.2) is 0 Å². The fourth-order valence-electron chi connectivity index (χ4n) is 2.99. The minimum atomic E-state index is 0.600. The van der Waals surface area contributed by atoms with Crippen LogP contribution in [0.5, 0.6) is 0 Å². The van der Waals surface area contributed by atoms with Gasteiger partial charge in [0.05, 0.1) is 20.0 Å². The summed E-state index contributed by atoms with van der Waals surface area (Å²) < 4.78 is 2.65. The summed E-state index contributed by atoms with van der Waals surface area (Å²) in [5, 5.41) is 5.51. The van der Waals surface area contributed by atoms with Crippen LogP contribution in [0.2, 0.25) is 0 Å². The predicted molar refractivity (Wildman–Crippen MR) is 60.9 cm³/mol. The number of piperazine rings is 3. The molecule has 0 radical (unpaired) electrons. The standard InChI is InChI=1S/C11H24N4/c1-14-5-8-15(9-6-14,10-7-14)4-2-3-11(12)13/h2-10H2,1H3,(H3,12,13)/q+2/p+1. The molecule has 0 aromatic rings. The molecule has 0 aromatic carbocycles. The summed E-state index contributed by atoms with van der Waals surface area (Å²) in [7, 11) is 2.40. The highest BCUT2D eigenvalue weighted by Crippen LogP contribution is 2.24. The van der Waals surface area contributed by atoms with E-state index in [1.54, 1.807) is 0 Å². The number of hydrogen-bond donors (Lipinski definition) is 2. The molecule has 3 rings (SSSR count). The highest BCUT2D eigenvalue weighted by atomic mass is 15.5. The van der Waals surface area contributed by atoms with Gasteiger partial charge in [0.2, 0.25) is 5.84 Å². The van der Waals surface area contributed by atoms with Crippen LogP contribution in [0.3, 0.4) is 0 Å². The number of amidine groups is 1. The Hall–Kier alpha value is -0.610. The average Bonchev–Trinajstić information content (AvgIpc) is 2.20. The first kappa shape index (κ1) is 10.9. The number of hydrogen-bond acceptors (Lipinski definition) is 0. The molecule has 3 fully saturated rings. The van der Waals surface area contributed by atoms with Crippen LogP contribution in [0.25, 0.3) is 0 Å². The number of nitrogens with zero attached hydrogens (tertiary/aromatic N) is 2. The lowest BCUT2D eigenvalue weighted by Crippen LogP contribution is -2.73. The molecule has 0 amide bonds. The summed E-state index contributed by atoms with van der Waals surface area (Å²) in [6.45, 7) is 9.45. The lowest BCUT2D eigenvalue weighted by molar-refractivity contribution is -1.07. The minimum Gasteiger partial charge on any atom is -0.312 e. The molecule has 15 heavy (non-hydrogen) atoms. The summed E-state index contributed by atoms with van der Waals surface area (Å²) in [6.07, 6.45) is 2.05. The molecule has 2 bridgehead atoms. The smallest absolute Gasteiger partial charge is 0.238 e. The summed E-state index contributed by atoms with van der Waals surface area (Å²) in [6, 6.07) is 0. The van der Waals surface area contributed by atoms with E-state index in [2.05, 4.69) is 7.05 Å². The number of rotatable bonds is 4. The first-order valence-corrected chi connectivity index (χ1v) is 6.09. The third-order valence-electron chi connectivity index (χ3n) is 4.44. The second-order valence-corrected chi connectivity index (χ2v) is 5.70. The van der Waals surface area contributed by atoms with Crippen LogP contribution in [0.4, 0.5) is 0 Å². The van der Waals surface area contributed by atoms with Crippen molar-refractivity contribution in [2.75, 3.05) is 52.9 Å². The molecule has 0 saturated carbocycles. The molecular weight excluding hydrogens is 188 g/mol. The highest BCUT2D eigenvalue weighted by molar-refractivity contribution is 5.73. The van der Waals surface area contributed by atoms with E-state index in [4.69, 9.17) is 11.1 Å². The van der Waals surface area contributed by atoms with E-state index in [0.717, 1.165) is 12.8 Å². The van der Waals surface area contributed by atoms with Gasteiger partial charge in [-0.15, -0.1) is 0 Å². The molecule has 0 aromatic heterocycles. The van der Waals surface area contributed by atoms with Crippen molar-refractivity contribution in [1.82, 2.24) is 0 Å². The molecule has 4 heteroatoms. The van der Waals surface area contributed by atoms with Crippen LogP contribution in [-0.4, -0.2) is 67.7 Å². The third kappa shape index (κ3) is 2.32. The number of nitrogens with two attached hydrogens (primary N) is 2. The van der Waals surface area contributed by atoms with Crippen LogP contribution in [-0.2, 0) is 0 Å². The van der Waals surface area contributed by atoms with Crippen LogP contribution in [0, 0.1) is 0 Å². The van der Waals surface area contributed by atoms with Gasteiger partial charge in [-0.1, -0.05) is 0 Å². The number of likely N-dealkylation sites (N-methyl/N-ethyl adjacent to an activating group) is 1. The maximum Gasteiger partial charge on any atom is 0.238 e. The molecule has 3 aliphatic heterocycles. The van der Waals surface area contributed by atoms with E-state index in [1.165, 1.54) is 54.8 Å². The quantitative estimate of drug-likeness (QED) is 0.322. The van der Waals surface area contributed by atoms with Crippen molar-refractivity contribution < 1.29 is 14.4 Å². The summed E-state index contributed by atoms with van der Waals surface area (Å²) in [5.41, 5.74) is 5.51. The molecular formula is C11H25N4+3. The maximum absolute atomic E-state index is 5.51. The topological polar surface area (TPSA) is 51.6 Å². The molecule has 86 valence electrons. The van der Waals surface area contributed by atoms with E-state index in [0.29, 0.717) is 5.84 Å². The Labute approximate surface area is 92.3 Å². The summed E-state index contributed by atoms with van der Waals surface area (Å²) in [4.78, 5) is 0. The van der Waals surface area contributed by atoms with Gasteiger partial charge in [-0.2, -0.15) is 0 Å². The van der Waals surface area contributed by atoms with Gasteiger partial charge in [0.25, 0.3) is 0 Å². The van der Waals surface area contributed by atoms with E-state index in [9.17, 15) is 0 Å². The van der Waals surface area contributed by atoms with Crippen LogP contribution < -0.4 is 11.1 Å². The zero-order chi connectivity index (χ0) is 10.9. The van der Waals surface area contributed by atoms with Gasteiger partial charge in [0.1, 0.15) is 39.3 Å². The van der Waals surface area contributed by atoms with Crippen molar-refractivity contribution in [3.05, 3.63) is 0 Å². The highest BCUT2D eigenvalue weighted by Gasteiger charge is 2.46. The van der Waals surface area contributed by atoms with Crippen molar-refractivity contribution >= 4 is 5.84 Å². The van der Waals surface area contributed by atoms with Gasteiger partial charge in [0, 0.05) is 6.42 Å². The zero-order valence-electron chi connectivity index (χ0n) is 9.91. The maximum atomic E-state index is 5.51. The fraction of sp³-hybridized carbons (Fsp3) is 0.909. The minimum absolute atomic E-state index is 0.600. The Balaban J connectivity index is 1.84. The Bertz CT molecular complexity index is 237. The molecule has 4 nitrogen and oxygen atoms in total. The molecule has 3 heterocycles. The molecule has 3 aliphatic rings. The second-order valence-electron chi connectivity index (χ2n) is 5.70. The Morgan fingerprint density at radius 3 is 2.13 bits per heavy atom. The van der Waals surface area contributed by atoms with Gasteiger partial charge in [0.15, 0.2) is 0 Å². The van der Waals surface area contributed by atoms with E-state index in [1.807, 2.05) is 0 Å². The van der Waals surface area contributed by atoms with Gasteiger partial charge < -0.3 is 8.97 Å². The predicted octanol–water partition coefficient (Wildman–Crippen LogP) is -1.83. The van der Waals surface area contributed by atoms with Crippen molar-refractivity contribution in [2.45, 2.75) is 12.8 Å². The van der Waals surface area contributed by atoms with E-state index in [-0.39, 0.29) is 0 Å². The van der Waals surface area contributed by atoms with Gasteiger partial charge in [-0.3, -0.25) is 11.1 Å². The fourth-order valence-corrected chi connectivity index (χ4v) is 2.99. The monoisotopic (exact) mass is 213 g/mol. The first-order chi connectivity index (χ1) is 7.04. The Kier molecular flexibility index (Phi) is 2.73. The Morgan fingerprint density at radius 1 is 1.13 bits per heavy atom. The largest absolute Gasteiger partial charge is 0.312 e. The van der Waals surface area contributed by atoms with E-state index < -0.39 is 0 Å². The third-order valence-corrected chi connectivity index (χ3v) is 4.44. The van der Waals surface area contributed by atoms with Gasteiger partial charge in [-0.05, 0) is 0 Å².